The maximum atomic E-state index is 13.1. The van der Waals surface area contributed by atoms with Gasteiger partial charge in [-0.15, -0.1) is 0 Å². The number of amides is 4. The molecule has 0 spiro atoms. The number of aryl methyl sites for hydroxylation is 2. The summed E-state index contributed by atoms with van der Waals surface area (Å²) in [4.78, 5) is 39.0. The molecule has 0 atom stereocenters. The van der Waals surface area contributed by atoms with E-state index in [0.29, 0.717) is 16.3 Å². The van der Waals surface area contributed by atoms with E-state index < -0.39 is 17.8 Å². The van der Waals surface area contributed by atoms with E-state index in [1.54, 1.807) is 24.3 Å². The fourth-order valence-corrected chi connectivity index (χ4v) is 3.95. The molecule has 3 aromatic rings. The van der Waals surface area contributed by atoms with E-state index in [0.717, 1.165) is 27.5 Å². The Balaban J connectivity index is 1.77. The lowest BCUT2D eigenvalue weighted by Gasteiger charge is -2.26. The van der Waals surface area contributed by atoms with Gasteiger partial charge in [-0.1, -0.05) is 29.8 Å². The number of barbiturate groups is 1. The Morgan fingerprint density at radius 2 is 1.61 bits per heavy atom. The number of hydrogen-bond donors (Lipinski definition) is 1. The third-order valence-electron chi connectivity index (χ3n) is 5.20. The number of rotatable bonds is 3. The first-order valence-corrected chi connectivity index (χ1v) is 10.1. The number of hydrogen-bond acceptors (Lipinski definition) is 3. The molecule has 1 aromatic heterocycles. The van der Waals surface area contributed by atoms with Crippen molar-refractivity contribution in [1.29, 1.82) is 0 Å². The summed E-state index contributed by atoms with van der Waals surface area (Å²) in [7, 11) is 0. The van der Waals surface area contributed by atoms with Crippen LogP contribution in [0.1, 0.15) is 22.5 Å². The molecular weight excluding hydrogens is 414 g/mol. The molecule has 156 valence electrons. The van der Waals surface area contributed by atoms with Crippen molar-refractivity contribution in [2.45, 2.75) is 20.8 Å². The van der Waals surface area contributed by atoms with Gasteiger partial charge >= 0.3 is 6.03 Å². The van der Waals surface area contributed by atoms with Gasteiger partial charge in [-0.25, -0.2) is 9.69 Å². The van der Waals surface area contributed by atoms with E-state index in [-0.39, 0.29) is 5.57 Å². The molecule has 7 heteroatoms. The van der Waals surface area contributed by atoms with Crippen LogP contribution in [0.25, 0.3) is 11.8 Å². The Morgan fingerprint density at radius 1 is 0.903 bits per heavy atom. The van der Waals surface area contributed by atoms with Gasteiger partial charge in [0.25, 0.3) is 11.8 Å². The third kappa shape index (κ3) is 3.78. The normalized spacial score (nSPS) is 15.5. The molecular formula is C24H20ClN3O3. The summed E-state index contributed by atoms with van der Waals surface area (Å²) >= 11 is 6.14. The van der Waals surface area contributed by atoms with Gasteiger partial charge < -0.3 is 4.57 Å². The average Bonchev–Trinajstić information content (AvgIpc) is 2.98. The predicted molar refractivity (Wildman–Crippen MR) is 120 cm³/mol. The zero-order valence-corrected chi connectivity index (χ0v) is 18.0. The highest BCUT2D eigenvalue weighted by Crippen LogP contribution is 2.27. The van der Waals surface area contributed by atoms with E-state index in [9.17, 15) is 14.4 Å². The fraction of sp³-hybridized carbons (Fsp3) is 0.125. The molecule has 1 N–H and O–H groups in total. The fourth-order valence-electron chi connectivity index (χ4n) is 3.76. The van der Waals surface area contributed by atoms with Gasteiger partial charge in [-0.05, 0) is 74.4 Å². The number of aromatic nitrogens is 1. The van der Waals surface area contributed by atoms with Crippen LogP contribution in [0.5, 0.6) is 0 Å². The molecule has 2 heterocycles. The second-order valence-corrected chi connectivity index (χ2v) is 7.88. The molecule has 1 aliphatic heterocycles. The van der Waals surface area contributed by atoms with Crippen molar-refractivity contribution in [3.8, 4) is 5.69 Å². The van der Waals surface area contributed by atoms with Gasteiger partial charge in [-0.3, -0.25) is 14.9 Å². The summed E-state index contributed by atoms with van der Waals surface area (Å²) in [6, 6.07) is 15.5. The van der Waals surface area contributed by atoms with Gasteiger partial charge in [0.1, 0.15) is 5.57 Å². The second kappa shape index (κ2) is 7.89. The van der Waals surface area contributed by atoms with Crippen molar-refractivity contribution in [2.24, 2.45) is 0 Å². The number of anilines is 1. The van der Waals surface area contributed by atoms with E-state index in [2.05, 4.69) is 5.32 Å². The lowest BCUT2D eigenvalue weighted by Crippen LogP contribution is -2.54. The van der Waals surface area contributed by atoms with Crippen LogP contribution in [0, 0.1) is 20.8 Å². The lowest BCUT2D eigenvalue weighted by molar-refractivity contribution is -0.122. The van der Waals surface area contributed by atoms with Gasteiger partial charge in [0.05, 0.1) is 5.69 Å². The molecule has 1 fully saturated rings. The quantitative estimate of drug-likeness (QED) is 0.479. The highest BCUT2D eigenvalue weighted by molar-refractivity contribution is 6.39. The number of halogens is 1. The molecule has 0 radical (unpaired) electrons. The molecule has 4 amide bonds. The maximum absolute atomic E-state index is 13.1. The van der Waals surface area contributed by atoms with Crippen LogP contribution in [0.2, 0.25) is 5.02 Å². The first-order valence-electron chi connectivity index (χ1n) is 9.69. The summed E-state index contributed by atoms with van der Waals surface area (Å²) in [6.45, 7) is 5.69. The summed E-state index contributed by atoms with van der Waals surface area (Å²) in [6.07, 6.45) is 1.52. The smallest absolute Gasteiger partial charge is 0.318 e. The lowest BCUT2D eigenvalue weighted by atomic mass is 10.1. The predicted octanol–water partition coefficient (Wildman–Crippen LogP) is 4.72. The number of imide groups is 2. The minimum Gasteiger partial charge on any atom is -0.318 e. The van der Waals surface area contributed by atoms with Crippen LogP contribution in [-0.2, 0) is 9.59 Å². The van der Waals surface area contributed by atoms with Crippen LogP contribution in [0.4, 0.5) is 10.5 Å². The van der Waals surface area contributed by atoms with Gasteiger partial charge in [0, 0.05) is 22.1 Å². The largest absolute Gasteiger partial charge is 0.335 e. The average molecular weight is 434 g/mol. The molecule has 2 aromatic carbocycles. The van der Waals surface area contributed by atoms with E-state index in [1.165, 1.54) is 6.08 Å². The maximum Gasteiger partial charge on any atom is 0.335 e. The van der Waals surface area contributed by atoms with Crippen molar-refractivity contribution in [3.63, 3.8) is 0 Å². The number of nitrogens with one attached hydrogen (secondary N) is 1. The van der Waals surface area contributed by atoms with Crippen LogP contribution < -0.4 is 10.2 Å². The number of urea groups is 1. The standard InChI is InChI=1S/C24H20ClN3O3/c1-14-6-4-8-19(10-14)28-23(30)21(22(29)26-24(28)31)12-17-11-15(2)27(16(17)3)20-9-5-7-18(25)13-20/h4-13H,1-3H3,(H,26,29,31)/b21-12+. The Labute approximate surface area is 184 Å². The summed E-state index contributed by atoms with van der Waals surface area (Å²) in [5.74, 6) is -1.38. The highest BCUT2D eigenvalue weighted by atomic mass is 35.5. The molecule has 1 aliphatic rings. The van der Waals surface area contributed by atoms with E-state index in [1.807, 2.05) is 55.7 Å². The van der Waals surface area contributed by atoms with Crippen LogP contribution in [0.15, 0.2) is 60.2 Å². The van der Waals surface area contributed by atoms with Crippen molar-refractivity contribution in [3.05, 3.63) is 87.7 Å². The van der Waals surface area contributed by atoms with Gasteiger partial charge in [-0.2, -0.15) is 0 Å². The van der Waals surface area contributed by atoms with Crippen molar-refractivity contribution >= 4 is 41.2 Å². The molecule has 1 saturated heterocycles. The Hall–Kier alpha value is -3.64. The van der Waals surface area contributed by atoms with Crippen molar-refractivity contribution in [2.75, 3.05) is 4.90 Å². The second-order valence-electron chi connectivity index (χ2n) is 7.44. The summed E-state index contributed by atoms with van der Waals surface area (Å²) in [5, 5.41) is 2.87. The molecule has 0 unspecified atom stereocenters. The van der Waals surface area contributed by atoms with Crippen molar-refractivity contribution in [1.82, 2.24) is 9.88 Å². The molecule has 6 nitrogen and oxygen atoms in total. The van der Waals surface area contributed by atoms with E-state index in [4.69, 9.17) is 11.6 Å². The number of carbonyl (C=O) groups excluding carboxylic acids is 3. The van der Waals surface area contributed by atoms with Crippen molar-refractivity contribution < 1.29 is 14.4 Å². The minimum atomic E-state index is -0.762. The van der Waals surface area contributed by atoms with E-state index >= 15 is 0 Å². The van der Waals surface area contributed by atoms with Gasteiger partial charge in [0.2, 0.25) is 0 Å². The topological polar surface area (TPSA) is 71.4 Å². The zero-order chi connectivity index (χ0) is 22.3. The Morgan fingerprint density at radius 3 is 2.32 bits per heavy atom. The number of benzene rings is 2. The SMILES string of the molecule is Cc1cccc(N2C(=O)NC(=O)/C(=C\c3cc(C)n(-c4cccc(Cl)c4)c3C)C2=O)c1. The molecule has 0 bridgehead atoms. The number of carbonyl (C=O) groups is 3. The molecule has 0 aliphatic carbocycles. The van der Waals surface area contributed by atoms with Gasteiger partial charge in [0.15, 0.2) is 0 Å². The number of nitrogens with zero attached hydrogens (tertiary/aromatic N) is 2. The third-order valence-corrected chi connectivity index (χ3v) is 5.43. The first-order chi connectivity index (χ1) is 14.8. The highest BCUT2D eigenvalue weighted by Gasteiger charge is 2.37. The zero-order valence-electron chi connectivity index (χ0n) is 17.3. The summed E-state index contributed by atoms with van der Waals surface area (Å²) < 4.78 is 1.99. The molecule has 0 saturated carbocycles. The molecule has 31 heavy (non-hydrogen) atoms. The van der Waals surface area contributed by atoms with Crippen LogP contribution in [0.3, 0.4) is 0 Å². The van der Waals surface area contributed by atoms with Crippen LogP contribution in [-0.4, -0.2) is 22.4 Å². The minimum absolute atomic E-state index is 0.104. The van der Waals surface area contributed by atoms with Crippen LogP contribution >= 0.6 is 11.6 Å². The molecule has 4 rings (SSSR count). The Bertz CT molecular complexity index is 1270. The first kappa shape index (κ1) is 20.6. The summed E-state index contributed by atoms with van der Waals surface area (Å²) in [5.41, 5.74) is 4.54. The monoisotopic (exact) mass is 433 g/mol. The Kier molecular flexibility index (Phi) is 5.25.